The molecule has 1 aliphatic heterocycles. The molecule has 186 valence electrons. The number of nitrogens with one attached hydrogen (secondary N) is 1. The van der Waals surface area contributed by atoms with Gasteiger partial charge in [-0.3, -0.25) is 4.98 Å². The van der Waals surface area contributed by atoms with Gasteiger partial charge in [-0.2, -0.15) is 0 Å². The normalized spacial score (nSPS) is 21.7. The van der Waals surface area contributed by atoms with Crippen molar-refractivity contribution in [1.82, 2.24) is 29.6 Å². The van der Waals surface area contributed by atoms with Crippen LogP contribution in [0.3, 0.4) is 0 Å². The molecule has 2 amide bonds. The Kier molecular flexibility index (Phi) is 6.86. The molecule has 1 N–H and O–H groups in total. The number of hydrogen-bond donors (Lipinski definition) is 1. The zero-order chi connectivity index (χ0) is 25.2. The molecule has 4 heterocycles. The Morgan fingerprint density at radius 1 is 1.31 bits per heavy atom. The summed E-state index contributed by atoms with van der Waals surface area (Å²) in [5, 5.41) is 2.83. The molecule has 0 unspecified atom stereocenters. The molecule has 0 saturated heterocycles. The number of allylic oxidation sites excluding steroid dienone is 1. The van der Waals surface area contributed by atoms with E-state index < -0.39 is 25.0 Å². The Bertz CT molecular complexity index is 1250. The van der Waals surface area contributed by atoms with Crippen LogP contribution in [0.5, 0.6) is 11.6 Å². The number of carbonyl (C=O) groups is 1. The highest BCUT2D eigenvalue weighted by atomic mass is 19.3. The molecule has 4 bridgehead atoms. The monoisotopic (exact) mass is 486 g/mol. The molecule has 11 heteroatoms. The van der Waals surface area contributed by atoms with Crippen molar-refractivity contribution in [1.29, 1.82) is 0 Å². The van der Waals surface area contributed by atoms with Gasteiger partial charge in [0.2, 0.25) is 5.65 Å². The third-order valence-corrected chi connectivity index (χ3v) is 5.84. The Hall–Kier alpha value is -3.76. The van der Waals surface area contributed by atoms with Crippen molar-refractivity contribution in [3.8, 4) is 22.9 Å². The minimum Gasteiger partial charge on any atom is -0.494 e. The lowest BCUT2D eigenvalue weighted by atomic mass is 10.1. The summed E-state index contributed by atoms with van der Waals surface area (Å²) in [5.74, 6) is -2.73. The number of nitrogens with zero attached hydrogens (tertiary/aromatic N) is 5. The molecule has 0 saturated carbocycles. The molecule has 0 aliphatic carbocycles. The molecule has 35 heavy (non-hydrogen) atoms. The van der Waals surface area contributed by atoms with E-state index in [0.29, 0.717) is 34.9 Å². The number of urea groups is 1. The van der Waals surface area contributed by atoms with E-state index in [1.807, 2.05) is 13.8 Å². The summed E-state index contributed by atoms with van der Waals surface area (Å²) in [5.41, 5.74) is 1.94. The number of methoxy groups -OCH3 is 1. The largest absolute Gasteiger partial charge is 0.494 e. The molecule has 3 aromatic heterocycles. The van der Waals surface area contributed by atoms with Gasteiger partial charge in [0.1, 0.15) is 5.75 Å². The number of alkyl halides is 2. The second kappa shape index (κ2) is 9.85. The van der Waals surface area contributed by atoms with Crippen molar-refractivity contribution >= 4 is 11.7 Å². The van der Waals surface area contributed by atoms with Crippen LogP contribution in [-0.4, -0.2) is 62.5 Å². The summed E-state index contributed by atoms with van der Waals surface area (Å²) < 4.78 is 41.8. The van der Waals surface area contributed by atoms with Crippen LogP contribution in [0.1, 0.15) is 38.9 Å². The first-order chi connectivity index (χ1) is 16.7. The standard InChI is InChI=1S/C24H28F2N6O3/c1-5-32-16(3)18-11-17(20(34-4)12-28-18)19-13-31-10-9-27-21(31)22(30-19)35-14-24(25,26)8-6-7-15(2)29-23(32)33/h6-7,9-13,15-16H,5,8,14H2,1-4H3,(H,29,33)/b7-6+/t15-,16+/m0/s1. The predicted octanol–water partition coefficient (Wildman–Crippen LogP) is 4.25. The van der Waals surface area contributed by atoms with Crippen molar-refractivity contribution < 1.29 is 23.0 Å². The van der Waals surface area contributed by atoms with Crippen molar-refractivity contribution in [2.24, 2.45) is 0 Å². The summed E-state index contributed by atoms with van der Waals surface area (Å²) in [4.78, 5) is 27.8. The van der Waals surface area contributed by atoms with Gasteiger partial charge in [-0.1, -0.05) is 12.2 Å². The fourth-order valence-electron chi connectivity index (χ4n) is 3.94. The Morgan fingerprint density at radius 3 is 2.86 bits per heavy atom. The summed E-state index contributed by atoms with van der Waals surface area (Å²) in [7, 11) is 1.51. The maximum atomic E-state index is 14.6. The second-order valence-corrected chi connectivity index (χ2v) is 8.38. The van der Waals surface area contributed by atoms with Crippen molar-refractivity contribution in [2.45, 2.75) is 45.2 Å². The van der Waals surface area contributed by atoms with E-state index in [-0.39, 0.29) is 18.0 Å². The minimum absolute atomic E-state index is 0.0191. The highest BCUT2D eigenvalue weighted by Gasteiger charge is 2.30. The van der Waals surface area contributed by atoms with Crippen molar-refractivity contribution in [2.75, 3.05) is 20.3 Å². The first-order valence-corrected chi connectivity index (χ1v) is 11.3. The van der Waals surface area contributed by atoms with Crippen LogP contribution >= 0.6 is 0 Å². The molecule has 0 fully saturated rings. The van der Waals surface area contributed by atoms with Gasteiger partial charge in [-0.15, -0.1) is 0 Å². The fraction of sp³-hybridized carbons (Fsp3) is 0.417. The first kappa shape index (κ1) is 24.4. The lowest BCUT2D eigenvalue weighted by Gasteiger charge is -2.29. The van der Waals surface area contributed by atoms with Gasteiger partial charge in [0, 0.05) is 43.2 Å². The first-order valence-electron chi connectivity index (χ1n) is 11.3. The van der Waals surface area contributed by atoms with Gasteiger partial charge in [0.15, 0.2) is 6.61 Å². The molecule has 4 rings (SSSR count). The fourth-order valence-corrected chi connectivity index (χ4v) is 3.94. The Labute approximate surface area is 201 Å². The van der Waals surface area contributed by atoms with Gasteiger partial charge in [-0.05, 0) is 26.8 Å². The topological polar surface area (TPSA) is 93.9 Å². The maximum Gasteiger partial charge on any atom is 0.318 e. The third kappa shape index (κ3) is 5.18. The number of aromatic nitrogens is 4. The predicted molar refractivity (Wildman–Crippen MR) is 126 cm³/mol. The van der Waals surface area contributed by atoms with E-state index in [1.54, 1.807) is 40.9 Å². The number of fused-ring (bicyclic) bond motifs is 7. The smallest absolute Gasteiger partial charge is 0.318 e. The second-order valence-electron chi connectivity index (χ2n) is 8.38. The highest BCUT2D eigenvalue weighted by Crippen LogP contribution is 2.33. The molecule has 3 aromatic rings. The summed E-state index contributed by atoms with van der Waals surface area (Å²) in [6.45, 7) is 5.00. The van der Waals surface area contributed by atoms with Crippen LogP contribution in [0.2, 0.25) is 0 Å². The minimum atomic E-state index is -3.15. The van der Waals surface area contributed by atoms with Gasteiger partial charge in [0.25, 0.3) is 11.8 Å². The number of rotatable bonds is 2. The number of ether oxygens (including phenoxy) is 2. The lowest BCUT2D eigenvalue weighted by Crippen LogP contribution is -2.44. The van der Waals surface area contributed by atoms with Crippen LogP contribution in [0, 0.1) is 0 Å². The van der Waals surface area contributed by atoms with E-state index in [9.17, 15) is 13.6 Å². The van der Waals surface area contributed by atoms with E-state index >= 15 is 0 Å². The van der Waals surface area contributed by atoms with Crippen molar-refractivity contribution in [3.05, 3.63) is 48.7 Å². The number of carbonyl (C=O) groups excluding carboxylic acids is 1. The van der Waals surface area contributed by atoms with Gasteiger partial charge >= 0.3 is 6.03 Å². The van der Waals surface area contributed by atoms with Crippen LogP contribution in [0.25, 0.3) is 16.9 Å². The molecule has 9 nitrogen and oxygen atoms in total. The van der Waals surface area contributed by atoms with Gasteiger partial charge in [0.05, 0.1) is 30.7 Å². The van der Waals surface area contributed by atoms with E-state index in [2.05, 4.69) is 20.3 Å². The van der Waals surface area contributed by atoms with E-state index in [0.717, 1.165) is 0 Å². The third-order valence-electron chi connectivity index (χ3n) is 5.84. The van der Waals surface area contributed by atoms with Gasteiger partial charge in [-0.25, -0.2) is 23.5 Å². The van der Waals surface area contributed by atoms with Crippen LogP contribution in [0.4, 0.5) is 13.6 Å². The quantitative estimate of drug-likeness (QED) is 0.544. The summed E-state index contributed by atoms with van der Waals surface area (Å²) >= 11 is 0. The summed E-state index contributed by atoms with van der Waals surface area (Å²) in [6.07, 6.45) is 8.82. The van der Waals surface area contributed by atoms with E-state index in [4.69, 9.17) is 9.47 Å². The zero-order valence-corrected chi connectivity index (χ0v) is 20.0. The number of imidazole rings is 1. The molecule has 2 atom stereocenters. The van der Waals surface area contributed by atoms with Crippen LogP contribution < -0.4 is 14.8 Å². The van der Waals surface area contributed by atoms with Crippen LogP contribution in [-0.2, 0) is 0 Å². The number of amides is 2. The van der Waals surface area contributed by atoms with Crippen LogP contribution in [0.15, 0.2) is 43.0 Å². The number of pyridine rings is 1. The van der Waals surface area contributed by atoms with Gasteiger partial charge < -0.3 is 24.1 Å². The Morgan fingerprint density at radius 2 is 2.11 bits per heavy atom. The molecule has 0 radical (unpaired) electrons. The maximum absolute atomic E-state index is 14.6. The highest BCUT2D eigenvalue weighted by molar-refractivity contribution is 5.75. The average Bonchev–Trinajstić information content (AvgIpc) is 3.30. The Balaban J connectivity index is 1.87. The number of hydrogen-bond acceptors (Lipinski definition) is 6. The molecular formula is C24H28F2N6O3. The lowest BCUT2D eigenvalue weighted by molar-refractivity contribution is -0.0386. The molecule has 0 spiro atoms. The van der Waals surface area contributed by atoms with E-state index in [1.165, 1.54) is 25.5 Å². The van der Waals surface area contributed by atoms with Crippen molar-refractivity contribution in [3.63, 3.8) is 0 Å². The molecule has 1 aliphatic rings. The average molecular weight is 487 g/mol. The summed E-state index contributed by atoms with van der Waals surface area (Å²) in [6, 6.07) is 0.630. The number of halogens is 2. The molecular weight excluding hydrogens is 458 g/mol. The molecule has 0 aromatic carbocycles. The SMILES string of the molecule is CCN1C(=O)N[C@@H](C)/C=C/CC(F)(F)COc2nc(cn3ccnc23)-c2cc(ncc2OC)[C@H]1C. The zero-order valence-electron chi connectivity index (χ0n) is 20.0.